The predicted octanol–water partition coefficient (Wildman–Crippen LogP) is 0.779. The Morgan fingerprint density at radius 2 is 2.08 bits per heavy atom. The fourth-order valence-corrected chi connectivity index (χ4v) is 1.29. The summed E-state index contributed by atoms with van der Waals surface area (Å²) in [6.07, 6.45) is 0. The van der Waals surface area contributed by atoms with Crippen molar-refractivity contribution >= 4 is 11.5 Å². The fraction of sp³-hybridized carbons (Fsp3) is 0.222. The summed E-state index contributed by atoms with van der Waals surface area (Å²) in [6, 6.07) is 8.03. The number of hydrogen-bond donors (Lipinski definition) is 2. The molecule has 0 saturated heterocycles. The quantitative estimate of drug-likeness (QED) is 0.590. The summed E-state index contributed by atoms with van der Waals surface area (Å²) in [6.45, 7) is 1.52. The van der Waals surface area contributed by atoms with Gasteiger partial charge < -0.3 is 11.1 Å². The Morgan fingerprint density at radius 3 is 3.00 bits per heavy atom. The number of amidine groups is 1. The second kappa shape index (κ2) is 2.95. The maximum absolute atomic E-state index is 5.64. The maximum atomic E-state index is 5.64. The Labute approximate surface area is 71.3 Å². The molecule has 1 aromatic carbocycles. The second-order valence-electron chi connectivity index (χ2n) is 2.84. The Hall–Kier alpha value is -1.35. The lowest BCUT2D eigenvalue weighted by atomic mass is 10.2. The minimum absolute atomic E-state index is 0.653. The highest BCUT2D eigenvalue weighted by molar-refractivity contribution is 5.85. The van der Waals surface area contributed by atoms with Gasteiger partial charge in [0, 0.05) is 6.54 Å². The molecule has 3 heteroatoms. The van der Waals surface area contributed by atoms with Gasteiger partial charge in [-0.25, -0.2) is 4.99 Å². The third kappa shape index (κ3) is 1.31. The van der Waals surface area contributed by atoms with Crippen molar-refractivity contribution in [2.45, 2.75) is 6.54 Å². The van der Waals surface area contributed by atoms with Crippen molar-refractivity contribution < 1.29 is 0 Å². The monoisotopic (exact) mass is 161 g/mol. The van der Waals surface area contributed by atoms with E-state index in [-0.39, 0.29) is 0 Å². The van der Waals surface area contributed by atoms with E-state index >= 15 is 0 Å². The maximum Gasteiger partial charge on any atom is 0.114 e. The molecule has 0 atom stereocenters. The topological polar surface area (TPSA) is 50.4 Å². The van der Waals surface area contributed by atoms with Gasteiger partial charge in [0.05, 0.1) is 12.2 Å². The van der Waals surface area contributed by atoms with Gasteiger partial charge in [-0.3, -0.25) is 0 Å². The molecule has 1 aliphatic heterocycles. The fourth-order valence-electron chi connectivity index (χ4n) is 1.29. The number of nitrogens with zero attached hydrogens (tertiary/aromatic N) is 1. The summed E-state index contributed by atoms with van der Waals surface area (Å²) in [4.78, 5) is 4.27. The van der Waals surface area contributed by atoms with E-state index in [1.54, 1.807) is 0 Å². The van der Waals surface area contributed by atoms with Crippen LogP contribution in [0.1, 0.15) is 5.56 Å². The van der Waals surface area contributed by atoms with E-state index < -0.39 is 0 Å². The minimum Gasteiger partial charge on any atom is -0.386 e. The first-order chi connectivity index (χ1) is 5.86. The van der Waals surface area contributed by atoms with Crippen LogP contribution in [0, 0.1) is 0 Å². The molecule has 0 amide bonds. The van der Waals surface area contributed by atoms with Crippen LogP contribution in [0.4, 0.5) is 5.69 Å². The van der Waals surface area contributed by atoms with Gasteiger partial charge in [0.2, 0.25) is 0 Å². The molecular weight excluding hydrogens is 150 g/mol. The van der Waals surface area contributed by atoms with Crippen molar-refractivity contribution in [1.29, 1.82) is 0 Å². The van der Waals surface area contributed by atoms with Gasteiger partial charge in [0.15, 0.2) is 0 Å². The predicted molar refractivity (Wildman–Crippen MR) is 49.4 cm³/mol. The lowest BCUT2D eigenvalue weighted by molar-refractivity contribution is 0.783. The van der Waals surface area contributed by atoms with Gasteiger partial charge >= 0.3 is 0 Å². The van der Waals surface area contributed by atoms with Crippen molar-refractivity contribution in [2.75, 3.05) is 6.54 Å². The first-order valence-corrected chi connectivity index (χ1v) is 3.98. The minimum atomic E-state index is 0.653. The molecule has 12 heavy (non-hydrogen) atoms. The smallest absolute Gasteiger partial charge is 0.114 e. The van der Waals surface area contributed by atoms with Crippen LogP contribution in [0.15, 0.2) is 29.3 Å². The Kier molecular flexibility index (Phi) is 1.80. The van der Waals surface area contributed by atoms with Crippen LogP contribution in [0.2, 0.25) is 0 Å². The normalized spacial score (nSPS) is 16.2. The zero-order valence-electron chi connectivity index (χ0n) is 6.75. The van der Waals surface area contributed by atoms with Crippen molar-refractivity contribution in [2.24, 2.45) is 10.7 Å². The van der Waals surface area contributed by atoms with E-state index in [0.717, 1.165) is 12.2 Å². The van der Waals surface area contributed by atoms with E-state index in [1.165, 1.54) is 5.56 Å². The van der Waals surface area contributed by atoms with Crippen molar-refractivity contribution in [3.8, 4) is 0 Å². The lowest BCUT2D eigenvalue weighted by Crippen LogP contribution is -2.26. The van der Waals surface area contributed by atoms with Crippen LogP contribution >= 0.6 is 0 Å². The molecule has 3 N–H and O–H groups in total. The van der Waals surface area contributed by atoms with E-state index in [1.807, 2.05) is 18.2 Å². The lowest BCUT2D eigenvalue weighted by Gasteiger charge is -2.00. The number of benzene rings is 1. The van der Waals surface area contributed by atoms with Crippen molar-refractivity contribution in [3.63, 3.8) is 0 Å². The van der Waals surface area contributed by atoms with E-state index in [9.17, 15) is 0 Å². The van der Waals surface area contributed by atoms with E-state index in [2.05, 4.69) is 16.4 Å². The van der Waals surface area contributed by atoms with Gasteiger partial charge in [-0.2, -0.15) is 0 Å². The molecule has 0 fully saturated rings. The molecule has 0 spiro atoms. The summed E-state index contributed by atoms with van der Waals surface area (Å²) < 4.78 is 0. The number of rotatable bonds is 0. The third-order valence-electron chi connectivity index (χ3n) is 1.88. The van der Waals surface area contributed by atoms with Gasteiger partial charge in [-0.1, -0.05) is 18.2 Å². The number of nitrogens with two attached hydrogens (primary N) is 1. The van der Waals surface area contributed by atoms with Gasteiger partial charge in [-0.05, 0) is 11.6 Å². The average molecular weight is 161 g/mol. The standard InChI is InChI=1S/C9H11N3/c10-9-6-11-5-7-3-1-2-4-8(7)12-9/h1-4,11H,5-6H2,(H2,10,12). The number of nitrogens with one attached hydrogen (secondary N) is 1. The van der Waals surface area contributed by atoms with Gasteiger partial charge in [0.25, 0.3) is 0 Å². The number of hydrogen-bond acceptors (Lipinski definition) is 3. The highest BCUT2D eigenvalue weighted by atomic mass is 15.0. The molecule has 0 radical (unpaired) electrons. The van der Waals surface area contributed by atoms with Gasteiger partial charge in [0.1, 0.15) is 5.84 Å². The van der Waals surface area contributed by atoms with E-state index in [4.69, 9.17) is 5.73 Å². The Bertz CT molecular complexity index is 317. The van der Waals surface area contributed by atoms with E-state index in [0.29, 0.717) is 12.4 Å². The second-order valence-corrected chi connectivity index (χ2v) is 2.84. The van der Waals surface area contributed by atoms with Crippen molar-refractivity contribution in [1.82, 2.24) is 5.32 Å². The first kappa shape index (κ1) is 7.31. The van der Waals surface area contributed by atoms with Gasteiger partial charge in [-0.15, -0.1) is 0 Å². The molecule has 0 saturated carbocycles. The summed E-state index contributed by atoms with van der Waals surface area (Å²) in [5.41, 5.74) is 7.83. The summed E-state index contributed by atoms with van der Waals surface area (Å²) in [5.74, 6) is 0.653. The first-order valence-electron chi connectivity index (χ1n) is 3.98. The zero-order valence-corrected chi connectivity index (χ0v) is 6.75. The van der Waals surface area contributed by atoms with Crippen LogP contribution in [-0.2, 0) is 6.54 Å². The molecule has 1 aromatic rings. The molecule has 1 heterocycles. The molecular formula is C9H11N3. The number of fused-ring (bicyclic) bond motifs is 1. The molecule has 0 unspecified atom stereocenters. The molecule has 62 valence electrons. The average Bonchev–Trinajstić information content (AvgIpc) is 2.25. The zero-order chi connectivity index (χ0) is 8.39. The molecule has 1 aliphatic rings. The summed E-state index contributed by atoms with van der Waals surface area (Å²) >= 11 is 0. The van der Waals surface area contributed by atoms with Crippen molar-refractivity contribution in [3.05, 3.63) is 29.8 Å². The Morgan fingerprint density at radius 1 is 1.25 bits per heavy atom. The molecule has 0 aromatic heterocycles. The van der Waals surface area contributed by atoms with Crippen LogP contribution < -0.4 is 11.1 Å². The van der Waals surface area contributed by atoms with Crippen LogP contribution in [0.5, 0.6) is 0 Å². The third-order valence-corrected chi connectivity index (χ3v) is 1.88. The molecule has 0 bridgehead atoms. The number of aliphatic imine (C=N–C) groups is 1. The molecule has 0 aliphatic carbocycles. The highest BCUT2D eigenvalue weighted by Gasteiger charge is 2.05. The summed E-state index contributed by atoms with van der Waals surface area (Å²) in [7, 11) is 0. The van der Waals surface area contributed by atoms with Crippen LogP contribution in [0.25, 0.3) is 0 Å². The summed E-state index contributed by atoms with van der Waals surface area (Å²) in [5, 5.41) is 3.20. The SMILES string of the molecule is NC1=Nc2ccccc2CNC1. The number of para-hydroxylation sites is 1. The highest BCUT2D eigenvalue weighted by Crippen LogP contribution is 2.19. The van der Waals surface area contributed by atoms with Crippen LogP contribution in [0.3, 0.4) is 0 Å². The molecule has 3 nitrogen and oxygen atoms in total. The molecule has 2 rings (SSSR count). The van der Waals surface area contributed by atoms with Crippen LogP contribution in [-0.4, -0.2) is 12.4 Å². The Balaban J connectivity index is 2.47. The largest absolute Gasteiger partial charge is 0.386 e.